The zero-order chi connectivity index (χ0) is 18.4. The van der Waals surface area contributed by atoms with Crippen molar-refractivity contribution in [1.29, 1.82) is 0 Å². The monoisotopic (exact) mass is 356 g/mol. The average Bonchev–Trinajstić information content (AvgIpc) is 3.19. The van der Waals surface area contributed by atoms with Crippen LogP contribution in [0.1, 0.15) is 37.2 Å². The van der Waals surface area contributed by atoms with E-state index in [-0.39, 0.29) is 5.57 Å². The van der Waals surface area contributed by atoms with Gasteiger partial charge in [0.25, 0.3) is 6.29 Å². The number of hydrogen-bond donors (Lipinski definition) is 0. The molecule has 4 rings (SSSR count). The first-order valence-electron chi connectivity index (χ1n) is 8.17. The third-order valence-electron chi connectivity index (χ3n) is 4.64. The van der Waals surface area contributed by atoms with Crippen LogP contribution in [0.5, 0.6) is 0 Å². The number of benzene rings is 1. The quantitative estimate of drug-likeness (QED) is 0.355. The van der Waals surface area contributed by atoms with E-state index >= 15 is 0 Å². The van der Waals surface area contributed by atoms with E-state index in [0.29, 0.717) is 5.57 Å². The first-order chi connectivity index (χ1) is 12.5. The fraction of sp³-hybridized carbons (Fsp3) is 0.316. The third-order valence-corrected chi connectivity index (χ3v) is 4.64. The third kappa shape index (κ3) is 2.56. The molecule has 0 unspecified atom stereocenters. The topological polar surface area (TPSA) is 88.1 Å². The number of carbonyl (C=O) groups is 3. The summed E-state index contributed by atoms with van der Waals surface area (Å²) in [4.78, 5) is 35.3. The Hall–Kier alpha value is -3.09. The van der Waals surface area contributed by atoms with E-state index in [0.717, 1.165) is 11.1 Å². The number of fused-ring (bicyclic) bond motifs is 3. The van der Waals surface area contributed by atoms with Gasteiger partial charge in [-0.1, -0.05) is 24.3 Å². The summed E-state index contributed by atoms with van der Waals surface area (Å²) in [6.45, 7) is 2.93. The summed E-state index contributed by atoms with van der Waals surface area (Å²) in [6.07, 6.45) is 0.685. The van der Waals surface area contributed by atoms with E-state index in [2.05, 4.69) is 0 Å². The summed E-state index contributed by atoms with van der Waals surface area (Å²) in [5.74, 6) is -1.97. The molecule has 0 spiro atoms. The largest absolute Gasteiger partial charge is 0.458 e. The van der Waals surface area contributed by atoms with Crippen LogP contribution in [0, 0.1) is 5.92 Å². The Morgan fingerprint density at radius 2 is 1.85 bits per heavy atom. The molecule has 1 fully saturated rings. The normalized spacial score (nSPS) is 30.4. The lowest BCUT2D eigenvalue weighted by Crippen LogP contribution is -2.17. The van der Waals surface area contributed by atoms with Crippen molar-refractivity contribution in [2.75, 3.05) is 0 Å². The second-order valence-corrected chi connectivity index (χ2v) is 6.34. The molecule has 0 saturated carbocycles. The lowest BCUT2D eigenvalue weighted by molar-refractivity contribution is -0.153. The molecule has 0 radical (unpaired) electrons. The van der Waals surface area contributed by atoms with Crippen molar-refractivity contribution in [2.24, 2.45) is 5.92 Å². The maximum Gasteiger partial charge on any atom is 0.338 e. The number of carbonyl (C=O) groups excluding carboxylic acids is 3. The maximum absolute atomic E-state index is 12.3. The molecule has 1 saturated heterocycles. The van der Waals surface area contributed by atoms with Crippen molar-refractivity contribution < 1.29 is 33.3 Å². The van der Waals surface area contributed by atoms with Gasteiger partial charge in [0.15, 0.2) is 0 Å². The molecule has 0 bridgehead atoms. The standard InChI is InChI=1S/C19H16O7/c1-9-7-14(25-18(9)21)23-8-13-15-16(24-10(2)20)11-5-3-4-6-12(11)17(15)26-19(13)22/h3-8,14-17H,1-2H3/b13-8+/t14-,15+,16+,17-/m1/s1. The number of cyclic esters (lactones) is 1. The molecule has 1 aliphatic carbocycles. The predicted molar refractivity (Wildman–Crippen MR) is 86.1 cm³/mol. The molecule has 4 atom stereocenters. The van der Waals surface area contributed by atoms with Crippen LogP contribution < -0.4 is 0 Å². The number of hydrogen-bond acceptors (Lipinski definition) is 7. The summed E-state index contributed by atoms with van der Waals surface area (Å²) < 4.78 is 21.4. The first-order valence-corrected chi connectivity index (χ1v) is 8.17. The van der Waals surface area contributed by atoms with E-state index < -0.39 is 42.3 Å². The predicted octanol–water partition coefficient (Wildman–Crippen LogP) is 2.25. The lowest BCUT2D eigenvalue weighted by atomic mass is 9.95. The molecule has 0 aromatic heterocycles. The van der Waals surface area contributed by atoms with Gasteiger partial charge in [-0.3, -0.25) is 4.79 Å². The van der Waals surface area contributed by atoms with Gasteiger partial charge in [-0.25, -0.2) is 9.59 Å². The van der Waals surface area contributed by atoms with Gasteiger partial charge in [-0.05, 0) is 6.92 Å². The van der Waals surface area contributed by atoms with Gasteiger partial charge in [0, 0.05) is 29.7 Å². The Morgan fingerprint density at radius 3 is 2.50 bits per heavy atom. The van der Waals surface area contributed by atoms with Crippen molar-refractivity contribution in [3.05, 3.63) is 58.9 Å². The van der Waals surface area contributed by atoms with Crippen molar-refractivity contribution in [3.8, 4) is 0 Å². The van der Waals surface area contributed by atoms with Gasteiger partial charge in [0.05, 0.1) is 17.8 Å². The van der Waals surface area contributed by atoms with E-state index in [1.54, 1.807) is 6.92 Å². The van der Waals surface area contributed by atoms with Gasteiger partial charge >= 0.3 is 17.9 Å². The van der Waals surface area contributed by atoms with Crippen LogP contribution in [0.2, 0.25) is 0 Å². The van der Waals surface area contributed by atoms with Crippen LogP contribution in [0.15, 0.2) is 47.7 Å². The highest BCUT2D eigenvalue weighted by Gasteiger charge is 2.53. The highest BCUT2D eigenvalue weighted by molar-refractivity contribution is 5.92. The lowest BCUT2D eigenvalue weighted by Gasteiger charge is -2.18. The molecular formula is C19H16O7. The highest BCUT2D eigenvalue weighted by Crippen LogP contribution is 2.55. The molecule has 2 heterocycles. The minimum atomic E-state index is -0.891. The summed E-state index contributed by atoms with van der Waals surface area (Å²) in [7, 11) is 0. The van der Waals surface area contributed by atoms with Gasteiger partial charge in [0.1, 0.15) is 12.2 Å². The molecule has 1 aromatic carbocycles. The molecule has 26 heavy (non-hydrogen) atoms. The van der Waals surface area contributed by atoms with Crippen LogP contribution in [-0.4, -0.2) is 24.2 Å². The molecule has 2 aliphatic heterocycles. The molecule has 3 aliphatic rings. The summed E-state index contributed by atoms with van der Waals surface area (Å²) in [6, 6.07) is 7.37. The van der Waals surface area contributed by atoms with Gasteiger partial charge < -0.3 is 18.9 Å². The van der Waals surface area contributed by atoms with E-state index in [9.17, 15) is 14.4 Å². The molecule has 7 heteroatoms. The number of rotatable bonds is 3. The Kier molecular flexibility index (Phi) is 3.79. The second kappa shape index (κ2) is 6.01. The van der Waals surface area contributed by atoms with E-state index in [1.807, 2.05) is 24.3 Å². The Labute approximate surface area is 149 Å². The van der Waals surface area contributed by atoms with Crippen molar-refractivity contribution in [3.63, 3.8) is 0 Å². The summed E-state index contributed by atoms with van der Waals surface area (Å²) >= 11 is 0. The van der Waals surface area contributed by atoms with Crippen molar-refractivity contribution in [2.45, 2.75) is 32.3 Å². The van der Waals surface area contributed by atoms with Crippen LogP contribution in [0.4, 0.5) is 0 Å². The van der Waals surface area contributed by atoms with Gasteiger partial charge in [0.2, 0.25) is 0 Å². The van der Waals surface area contributed by atoms with Crippen LogP contribution >= 0.6 is 0 Å². The van der Waals surface area contributed by atoms with Crippen LogP contribution in [0.3, 0.4) is 0 Å². The van der Waals surface area contributed by atoms with Crippen LogP contribution in [-0.2, 0) is 33.3 Å². The van der Waals surface area contributed by atoms with E-state index in [1.165, 1.54) is 19.3 Å². The maximum atomic E-state index is 12.3. The number of esters is 3. The second-order valence-electron chi connectivity index (χ2n) is 6.34. The highest BCUT2D eigenvalue weighted by atomic mass is 16.7. The van der Waals surface area contributed by atoms with Gasteiger partial charge in [-0.15, -0.1) is 0 Å². The number of ether oxygens (including phenoxy) is 4. The molecular weight excluding hydrogens is 340 g/mol. The van der Waals surface area contributed by atoms with Gasteiger partial charge in [-0.2, -0.15) is 0 Å². The Morgan fingerprint density at radius 1 is 1.12 bits per heavy atom. The molecule has 1 aromatic rings. The van der Waals surface area contributed by atoms with Crippen LogP contribution in [0.25, 0.3) is 0 Å². The molecule has 7 nitrogen and oxygen atoms in total. The smallest absolute Gasteiger partial charge is 0.338 e. The average molecular weight is 356 g/mol. The zero-order valence-electron chi connectivity index (χ0n) is 14.1. The molecule has 0 amide bonds. The minimum Gasteiger partial charge on any atom is -0.458 e. The van der Waals surface area contributed by atoms with Crippen molar-refractivity contribution in [1.82, 2.24) is 0 Å². The SMILES string of the molecule is CC(=O)O[C@H]1c2ccccc2[C@H]2OC(=O)/C(=C/O[C@H]3C=C(C)C(=O)O3)[C@H]21. The fourth-order valence-corrected chi connectivity index (χ4v) is 3.51. The zero-order valence-corrected chi connectivity index (χ0v) is 14.1. The minimum absolute atomic E-state index is 0.242. The Balaban J connectivity index is 1.65. The Bertz CT molecular complexity index is 866. The fourth-order valence-electron chi connectivity index (χ4n) is 3.51. The summed E-state index contributed by atoms with van der Waals surface area (Å²) in [5.41, 5.74) is 2.29. The first kappa shape index (κ1) is 16.4. The van der Waals surface area contributed by atoms with E-state index in [4.69, 9.17) is 18.9 Å². The summed E-state index contributed by atoms with van der Waals surface area (Å²) in [5, 5.41) is 0. The molecule has 134 valence electrons. The van der Waals surface area contributed by atoms with Crippen molar-refractivity contribution >= 4 is 17.9 Å². The molecule has 0 N–H and O–H groups in total.